The average molecular weight is 201 g/mol. The summed E-state index contributed by atoms with van der Waals surface area (Å²) in [7, 11) is 0. The third-order valence-corrected chi connectivity index (χ3v) is 2.86. The molecule has 3 atom stereocenters. The summed E-state index contributed by atoms with van der Waals surface area (Å²) < 4.78 is 0. The molecule has 14 heavy (non-hydrogen) atoms. The molecule has 3 nitrogen and oxygen atoms in total. The van der Waals surface area contributed by atoms with Crippen LogP contribution in [-0.2, 0) is 4.79 Å². The van der Waals surface area contributed by atoms with Gasteiger partial charge in [0.15, 0.2) is 0 Å². The first kappa shape index (κ1) is 13.4. The normalized spacial score (nSPS) is 17.9. The number of carbonyl (C=O) groups is 1. The molecule has 2 N–H and O–H groups in total. The Bertz CT molecular complexity index is 180. The summed E-state index contributed by atoms with van der Waals surface area (Å²) in [6.45, 7) is 10.1. The van der Waals surface area contributed by atoms with Gasteiger partial charge in [-0.15, -0.1) is 0 Å². The second-order valence-corrected chi connectivity index (χ2v) is 4.34. The molecule has 0 spiro atoms. The molecule has 0 aromatic heterocycles. The van der Waals surface area contributed by atoms with Crippen LogP contribution in [0.25, 0.3) is 0 Å². The fraction of sp³-hybridized carbons (Fsp3) is 0.909. The Hall–Kier alpha value is -0.570. The number of carboxylic acid groups (broad SMARTS) is 1. The van der Waals surface area contributed by atoms with Crippen molar-refractivity contribution in [1.29, 1.82) is 0 Å². The van der Waals surface area contributed by atoms with E-state index in [0.29, 0.717) is 12.0 Å². The molecule has 0 fully saturated rings. The van der Waals surface area contributed by atoms with E-state index in [-0.39, 0.29) is 12.0 Å². The van der Waals surface area contributed by atoms with Gasteiger partial charge in [-0.25, -0.2) is 0 Å². The maximum Gasteiger partial charge on any atom is 0.307 e. The van der Waals surface area contributed by atoms with Gasteiger partial charge in [0.05, 0.1) is 5.92 Å². The van der Waals surface area contributed by atoms with Crippen molar-refractivity contribution in [3.05, 3.63) is 0 Å². The first-order valence-corrected chi connectivity index (χ1v) is 5.39. The standard InChI is InChI=1S/C11H23NO2/c1-6-10(7(2)3)12-9(5)8(4)11(13)14/h7-10,12H,6H2,1-5H3,(H,13,14). The molecule has 0 bridgehead atoms. The first-order chi connectivity index (χ1) is 6.40. The van der Waals surface area contributed by atoms with Crippen molar-refractivity contribution in [2.24, 2.45) is 11.8 Å². The third-order valence-electron chi connectivity index (χ3n) is 2.86. The molecule has 0 aromatic carbocycles. The summed E-state index contributed by atoms with van der Waals surface area (Å²) in [5.41, 5.74) is 0. The largest absolute Gasteiger partial charge is 0.481 e. The van der Waals surface area contributed by atoms with E-state index in [0.717, 1.165) is 6.42 Å². The van der Waals surface area contributed by atoms with Crippen LogP contribution in [0.15, 0.2) is 0 Å². The predicted octanol–water partition coefficient (Wildman–Crippen LogP) is 2.12. The lowest BCUT2D eigenvalue weighted by atomic mass is 9.97. The number of hydrogen-bond acceptors (Lipinski definition) is 2. The van der Waals surface area contributed by atoms with Crippen molar-refractivity contribution in [3.8, 4) is 0 Å². The highest BCUT2D eigenvalue weighted by molar-refractivity contribution is 5.70. The van der Waals surface area contributed by atoms with Gasteiger partial charge in [0.2, 0.25) is 0 Å². The van der Waals surface area contributed by atoms with Crippen LogP contribution in [0.5, 0.6) is 0 Å². The van der Waals surface area contributed by atoms with Gasteiger partial charge < -0.3 is 10.4 Å². The Kier molecular flexibility index (Phi) is 5.77. The minimum Gasteiger partial charge on any atom is -0.481 e. The van der Waals surface area contributed by atoms with Gasteiger partial charge in [0, 0.05) is 12.1 Å². The Morgan fingerprint density at radius 1 is 1.29 bits per heavy atom. The number of rotatable bonds is 6. The molecule has 0 heterocycles. The highest BCUT2D eigenvalue weighted by atomic mass is 16.4. The zero-order valence-electron chi connectivity index (χ0n) is 9.87. The lowest BCUT2D eigenvalue weighted by molar-refractivity contribution is -0.142. The van der Waals surface area contributed by atoms with Crippen molar-refractivity contribution < 1.29 is 9.90 Å². The summed E-state index contributed by atoms with van der Waals surface area (Å²) >= 11 is 0. The second kappa shape index (κ2) is 6.02. The summed E-state index contributed by atoms with van der Waals surface area (Å²) in [6, 6.07) is 0.437. The zero-order chi connectivity index (χ0) is 11.3. The minimum absolute atomic E-state index is 0.0276. The quantitative estimate of drug-likeness (QED) is 0.692. The average Bonchev–Trinajstić information content (AvgIpc) is 2.11. The van der Waals surface area contributed by atoms with Crippen LogP contribution in [0.3, 0.4) is 0 Å². The van der Waals surface area contributed by atoms with Crippen molar-refractivity contribution in [2.45, 2.75) is 53.1 Å². The molecule has 0 saturated heterocycles. The molecule has 0 aromatic rings. The Balaban J connectivity index is 4.14. The molecule has 0 amide bonds. The Morgan fingerprint density at radius 3 is 2.07 bits per heavy atom. The smallest absolute Gasteiger partial charge is 0.307 e. The van der Waals surface area contributed by atoms with Gasteiger partial charge >= 0.3 is 5.97 Å². The molecular weight excluding hydrogens is 178 g/mol. The van der Waals surface area contributed by atoms with E-state index >= 15 is 0 Å². The van der Waals surface area contributed by atoms with Gasteiger partial charge in [0.25, 0.3) is 0 Å². The van der Waals surface area contributed by atoms with Crippen LogP contribution in [-0.4, -0.2) is 23.2 Å². The van der Waals surface area contributed by atoms with E-state index < -0.39 is 5.97 Å². The van der Waals surface area contributed by atoms with Crippen LogP contribution < -0.4 is 5.32 Å². The fourth-order valence-corrected chi connectivity index (χ4v) is 1.48. The number of nitrogens with one attached hydrogen (secondary N) is 1. The van der Waals surface area contributed by atoms with Gasteiger partial charge in [-0.1, -0.05) is 27.7 Å². The third kappa shape index (κ3) is 4.09. The van der Waals surface area contributed by atoms with E-state index in [2.05, 4.69) is 26.1 Å². The molecule has 3 unspecified atom stereocenters. The Labute approximate surface area is 86.9 Å². The fourth-order valence-electron chi connectivity index (χ4n) is 1.48. The van der Waals surface area contributed by atoms with E-state index in [9.17, 15) is 4.79 Å². The molecule has 0 aliphatic heterocycles. The number of aliphatic carboxylic acids is 1. The Morgan fingerprint density at radius 2 is 1.79 bits per heavy atom. The maximum atomic E-state index is 10.7. The molecule has 0 rings (SSSR count). The summed E-state index contributed by atoms with van der Waals surface area (Å²) in [5, 5.41) is 12.2. The first-order valence-electron chi connectivity index (χ1n) is 5.39. The van der Waals surface area contributed by atoms with Gasteiger partial charge in [-0.3, -0.25) is 4.79 Å². The van der Waals surface area contributed by atoms with Crippen LogP contribution in [0.4, 0.5) is 0 Å². The lowest BCUT2D eigenvalue weighted by Crippen LogP contribution is -2.44. The van der Waals surface area contributed by atoms with Crippen molar-refractivity contribution in [3.63, 3.8) is 0 Å². The van der Waals surface area contributed by atoms with Gasteiger partial charge in [0.1, 0.15) is 0 Å². The topological polar surface area (TPSA) is 49.3 Å². The molecule has 0 aliphatic carbocycles. The maximum absolute atomic E-state index is 10.7. The lowest BCUT2D eigenvalue weighted by Gasteiger charge is -2.27. The molecule has 0 radical (unpaired) electrons. The highest BCUT2D eigenvalue weighted by Crippen LogP contribution is 2.10. The van der Waals surface area contributed by atoms with Crippen molar-refractivity contribution in [1.82, 2.24) is 5.32 Å². The minimum atomic E-state index is -0.733. The van der Waals surface area contributed by atoms with E-state index in [1.54, 1.807) is 6.92 Å². The van der Waals surface area contributed by atoms with E-state index in [4.69, 9.17) is 5.11 Å². The highest BCUT2D eigenvalue weighted by Gasteiger charge is 2.22. The van der Waals surface area contributed by atoms with Crippen LogP contribution in [0.1, 0.15) is 41.0 Å². The summed E-state index contributed by atoms with van der Waals surface area (Å²) in [4.78, 5) is 10.7. The second-order valence-electron chi connectivity index (χ2n) is 4.34. The number of carboxylic acids is 1. The number of hydrogen-bond donors (Lipinski definition) is 2. The predicted molar refractivity (Wildman–Crippen MR) is 58.3 cm³/mol. The molecular formula is C11H23NO2. The van der Waals surface area contributed by atoms with Crippen LogP contribution >= 0.6 is 0 Å². The van der Waals surface area contributed by atoms with E-state index in [1.165, 1.54) is 0 Å². The van der Waals surface area contributed by atoms with Gasteiger partial charge in [-0.05, 0) is 19.3 Å². The van der Waals surface area contributed by atoms with Crippen molar-refractivity contribution >= 4 is 5.97 Å². The van der Waals surface area contributed by atoms with Crippen molar-refractivity contribution in [2.75, 3.05) is 0 Å². The molecule has 0 saturated carbocycles. The summed E-state index contributed by atoms with van der Waals surface area (Å²) in [6.07, 6.45) is 1.04. The zero-order valence-corrected chi connectivity index (χ0v) is 9.87. The molecule has 3 heteroatoms. The van der Waals surface area contributed by atoms with Crippen LogP contribution in [0, 0.1) is 11.8 Å². The summed E-state index contributed by atoms with van der Waals surface area (Å²) in [5.74, 6) is -0.519. The molecule has 0 aliphatic rings. The molecule has 84 valence electrons. The van der Waals surface area contributed by atoms with E-state index in [1.807, 2.05) is 6.92 Å². The SMILES string of the molecule is CCC(NC(C)C(C)C(=O)O)C(C)C. The van der Waals surface area contributed by atoms with Crippen LogP contribution in [0.2, 0.25) is 0 Å². The monoisotopic (exact) mass is 201 g/mol. The van der Waals surface area contributed by atoms with Gasteiger partial charge in [-0.2, -0.15) is 0 Å².